The van der Waals surface area contributed by atoms with Gasteiger partial charge in [-0.1, -0.05) is 48.0 Å². The first-order valence-electron chi connectivity index (χ1n) is 9.37. The molecule has 5 nitrogen and oxygen atoms in total. The Hall–Kier alpha value is -2.68. The summed E-state index contributed by atoms with van der Waals surface area (Å²) in [6.45, 7) is 0. The van der Waals surface area contributed by atoms with E-state index < -0.39 is 5.92 Å². The van der Waals surface area contributed by atoms with Gasteiger partial charge in [0, 0.05) is 5.02 Å². The number of imide groups is 1. The third-order valence-corrected chi connectivity index (χ3v) is 6.43. The number of rotatable bonds is 3. The number of anilines is 1. The first-order valence-corrected chi connectivity index (χ1v) is 9.75. The number of nitriles is 1. The van der Waals surface area contributed by atoms with E-state index >= 15 is 0 Å². The van der Waals surface area contributed by atoms with Crippen molar-refractivity contribution in [3.05, 3.63) is 64.7 Å². The molecule has 0 radical (unpaired) electrons. The van der Waals surface area contributed by atoms with Gasteiger partial charge in [0.2, 0.25) is 11.8 Å². The summed E-state index contributed by atoms with van der Waals surface area (Å²) < 4.78 is 5.77. The maximum atomic E-state index is 12.9. The van der Waals surface area contributed by atoms with Crippen LogP contribution in [0, 0.1) is 23.2 Å². The van der Waals surface area contributed by atoms with Crippen molar-refractivity contribution in [1.82, 2.24) is 0 Å². The molecule has 0 aliphatic carbocycles. The lowest BCUT2D eigenvalue weighted by molar-refractivity contribution is -0.124. The third-order valence-electron chi connectivity index (χ3n) is 6.10. The van der Waals surface area contributed by atoms with E-state index in [1.807, 2.05) is 30.3 Å². The summed E-state index contributed by atoms with van der Waals surface area (Å²) in [5.74, 6) is -1.67. The number of carbonyl (C=O) groups excluding carboxylic acids is 2. The van der Waals surface area contributed by atoms with Gasteiger partial charge in [0.05, 0.1) is 41.7 Å². The molecule has 3 aliphatic heterocycles. The van der Waals surface area contributed by atoms with Gasteiger partial charge in [-0.3, -0.25) is 9.59 Å². The predicted molar refractivity (Wildman–Crippen MR) is 103 cm³/mol. The summed E-state index contributed by atoms with van der Waals surface area (Å²) in [4.78, 5) is 27.1. The van der Waals surface area contributed by atoms with Crippen molar-refractivity contribution in [1.29, 1.82) is 5.26 Å². The Kier molecular flexibility index (Phi) is 4.01. The molecule has 3 aliphatic rings. The van der Waals surface area contributed by atoms with Crippen molar-refractivity contribution in [2.45, 2.75) is 31.0 Å². The fourth-order valence-electron chi connectivity index (χ4n) is 4.82. The predicted octanol–water partition coefficient (Wildman–Crippen LogP) is 3.66. The Morgan fingerprint density at radius 2 is 1.68 bits per heavy atom. The summed E-state index contributed by atoms with van der Waals surface area (Å²) in [6, 6.07) is 16.7. The van der Waals surface area contributed by atoms with Crippen molar-refractivity contribution in [2.75, 3.05) is 4.90 Å². The molecule has 0 aromatic heterocycles. The molecule has 28 heavy (non-hydrogen) atoms. The van der Waals surface area contributed by atoms with Gasteiger partial charge >= 0.3 is 0 Å². The lowest BCUT2D eigenvalue weighted by atomic mass is 9.81. The summed E-state index contributed by atoms with van der Waals surface area (Å²) in [6.07, 6.45) is 1.37. The summed E-state index contributed by atoms with van der Waals surface area (Å²) in [5, 5.41) is 10.0. The molecule has 2 bridgehead atoms. The first kappa shape index (κ1) is 17.4. The zero-order chi connectivity index (χ0) is 19.4. The molecule has 3 heterocycles. The number of ether oxygens (including phenoxy) is 1. The quantitative estimate of drug-likeness (QED) is 0.747. The molecule has 3 fully saturated rings. The van der Waals surface area contributed by atoms with Crippen LogP contribution in [0.1, 0.15) is 29.9 Å². The van der Waals surface area contributed by atoms with Gasteiger partial charge in [0.1, 0.15) is 0 Å². The van der Waals surface area contributed by atoms with E-state index in [4.69, 9.17) is 16.3 Å². The maximum Gasteiger partial charge on any atom is 0.240 e. The van der Waals surface area contributed by atoms with E-state index in [-0.39, 0.29) is 35.9 Å². The second-order valence-corrected chi connectivity index (χ2v) is 7.94. The lowest BCUT2D eigenvalue weighted by Gasteiger charge is -2.19. The molecule has 6 heteroatoms. The second kappa shape index (κ2) is 6.44. The minimum Gasteiger partial charge on any atom is -0.373 e. The molecule has 5 unspecified atom stereocenters. The minimum absolute atomic E-state index is 0.146. The van der Waals surface area contributed by atoms with E-state index in [9.17, 15) is 14.9 Å². The van der Waals surface area contributed by atoms with Gasteiger partial charge in [-0.05, 0) is 36.1 Å². The number of hydrogen-bond acceptors (Lipinski definition) is 4. The van der Waals surface area contributed by atoms with Crippen LogP contribution in [-0.4, -0.2) is 24.0 Å². The van der Waals surface area contributed by atoms with E-state index in [1.165, 1.54) is 4.90 Å². The Morgan fingerprint density at radius 1 is 1.04 bits per heavy atom. The van der Waals surface area contributed by atoms with Gasteiger partial charge in [0.25, 0.3) is 0 Å². The second-order valence-electron chi connectivity index (χ2n) is 7.53. The van der Waals surface area contributed by atoms with Crippen LogP contribution >= 0.6 is 11.6 Å². The van der Waals surface area contributed by atoms with Gasteiger partial charge in [-0.2, -0.15) is 5.26 Å². The highest BCUT2D eigenvalue weighted by Crippen LogP contribution is 2.49. The SMILES string of the molecule is N#CC(c1ccccc1)c1ccc(N2C(=O)C3C4CCC(O4)C3C2=O)cc1Cl. The molecule has 0 N–H and O–H groups in total. The van der Waals surface area contributed by atoms with Crippen LogP contribution in [0.3, 0.4) is 0 Å². The highest BCUT2D eigenvalue weighted by Gasteiger charge is 2.62. The number of carbonyl (C=O) groups is 2. The molecular weight excluding hydrogens is 376 g/mol. The number of benzene rings is 2. The van der Waals surface area contributed by atoms with Crippen LogP contribution in [-0.2, 0) is 14.3 Å². The smallest absolute Gasteiger partial charge is 0.240 e. The average Bonchev–Trinajstić information content (AvgIpc) is 3.38. The molecule has 140 valence electrons. The molecule has 0 saturated carbocycles. The zero-order valence-corrected chi connectivity index (χ0v) is 15.7. The van der Waals surface area contributed by atoms with Crippen molar-refractivity contribution >= 4 is 29.1 Å². The Labute approximate surface area is 167 Å². The highest BCUT2D eigenvalue weighted by molar-refractivity contribution is 6.32. The number of nitrogens with zero attached hydrogens (tertiary/aromatic N) is 2. The standard InChI is InChI=1S/C22H17ClN2O3/c23-16-10-13(6-7-14(16)15(11-24)12-4-2-1-3-5-12)25-21(26)19-17-8-9-18(28-17)20(19)22(25)27/h1-7,10,15,17-20H,8-9H2. The van der Waals surface area contributed by atoms with Gasteiger partial charge in [0.15, 0.2) is 0 Å². The van der Waals surface area contributed by atoms with Gasteiger partial charge in [-0.15, -0.1) is 0 Å². The Bertz CT molecular complexity index is 988. The van der Waals surface area contributed by atoms with E-state index in [0.29, 0.717) is 16.3 Å². The number of amides is 2. The number of halogens is 1. The normalized spacial score (nSPS) is 29.1. The highest BCUT2D eigenvalue weighted by atomic mass is 35.5. The molecular formula is C22H17ClN2O3. The minimum atomic E-state index is -0.517. The fourth-order valence-corrected chi connectivity index (χ4v) is 5.11. The largest absolute Gasteiger partial charge is 0.373 e. The van der Waals surface area contributed by atoms with Crippen LogP contribution in [0.4, 0.5) is 5.69 Å². The number of hydrogen-bond donors (Lipinski definition) is 0. The van der Waals surface area contributed by atoms with Crippen LogP contribution < -0.4 is 4.90 Å². The van der Waals surface area contributed by atoms with Gasteiger partial charge < -0.3 is 4.74 Å². The zero-order valence-electron chi connectivity index (χ0n) is 14.9. The topological polar surface area (TPSA) is 70.4 Å². The van der Waals surface area contributed by atoms with Crippen LogP contribution in [0.5, 0.6) is 0 Å². The molecule has 5 atom stereocenters. The summed E-state index contributed by atoms with van der Waals surface area (Å²) >= 11 is 6.49. The van der Waals surface area contributed by atoms with Crippen LogP contribution in [0.25, 0.3) is 0 Å². The average molecular weight is 393 g/mol. The van der Waals surface area contributed by atoms with E-state index in [0.717, 1.165) is 18.4 Å². The van der Waals surface area contributed by atoms with Gasteiger partial charge in [-0.25, -0.2) is 4.90 Å². The molecule has 2 amide bonds. The molecule has 0 spiro atoms. The molecule has 2 aromatic rings. The van der Waals surface area contributed by atoms with Crippen LogP contribution in [0.15, 0.2) is 48.5 Å². The van der Waals surface area contributed by atoms with E-state index in [2.05, 4.69) is 6.07 Å². The molecule has 2 aromatic carbocycles. The van der Waals surface area contributed by atoms with Crippen molar-refractivity contribution in [2.24, 2.45) is 11.8 Å². The van der Waals surface area contributed by atoms with Crippen molar-refractivity contribution in [3.8, 4) is 6.07 Å². The van der Waals surface area contributed by atoms with Crippen molar-refractivity contribution < 1.29 is 14.3 Å². The Morgan fingerprint density at radius 3 is 2.25 bits per heavy atom. The number of fused-ring (bicyclic) bond motifs is 5. The fraction of sp³-hybridized carbons (Fsp3) is 0.318. The first-order chi connectivity index (χ1) is 13.6. The van der Waals surface area contributed by atoms with Crippen molar-refractivity contribution in [3.63, 3.8) is 0 Å². The van der Waals surface area contributed by atoms with E-state index in [1.54, 1.807) is 18.2 Å². The van der Waals surface area contributed by atoms with Crippen LogP contribution in [0.2, 0.25) is 5.02 Å². The Balaban J connectivity index is 1.48. The third kappa shape index (κ3) is 2.42. The lowest BCUT2D eigenvalue weighted by Crippen LogP contribution is -2.34. The summed E-state index contributed by atoms with van der Waals surface area (Å²) in [7, 11) is 0. The maximum absolute atomic E-state index is 12.9. The molecule has 5 rings (SSSR count). The monoisotopic (exact) mass is 392 g/mol. The molecule has 3 saturated heterocycles. The summed E-state index contributed by atoms with van der Waals surface area (Å²) in [5.41, 5.74) is 1.96.